The monoisotopic (exact) mass is 854 g/mol. The third-order valence-corrected chi connectivity index (χ3v) is 11.6. The zero-order valence-corrected chi connectivity index (χ0v) is 34.3. The zero-order chi connectivity index (χ0) is 39.5. The van der Waals surface area contributed by atoms with E-state index in [1.807, 2.05) is 121 Å². The summed E-state index contributed by atoms with van der Waals surface area (Å²) in [7, 11) is 3.66. The minimum Gasteiger partial charge on any atom is -0.476 e. The van der Waals surface area contributed by atoms with E-state index in [9.17, 15) is 24.3 Å². The van der Waals surface area contributed by atoms with Crippen molar-refractivity contribution in [3.63, 3.8) is 0 Å². The third kappa shape index (κ3) is 6.75. The fraction of sp³-hybridized carbons (Fsp3) is 0.268. The van der Waals surface area contributed by atoms with Gasteiger partial charge in [-0.1, -0.05) is 62.2 Å². The van der Waals surface area contributed by atoms with Gasteiger partial charge >= 0.3 is 5.97 Å². The number of carbonyl (C=O) groups excluding carboxylic acids is 3. The molecule has 4 heterocycles. The molecule has 1 aromatic heterocycles. The molecule has 0 saturated carbocycles. The van der Waals surface area contributed by atoms with Gasteiger partial charge in [-0.25, -0.2) is 4.79 Å². The quantitative estimate of drug-likeness (QED) is 0.165. The summed E-state index contributed by atoms with van der Waals surface area (Å²) in [6.07, 6.45) is 0. The van der Waals surface area contributed by atoms with Gasteiger partial charge in [-0.3, -0.25) is 14.4 Å². The molecular formula is C41H40Br2N6O5. The lowest BCUT2D eigenvalue weighted by atomic mass is 9.90. The molecule has 0 unspecified atom stereocenters. The Morgan fingerprint density at radius 2 is 1.09 bits per heavy atom. The Hall–Kier alpha value is -5.14. The van der Waals surface area contributed by atoms with E-state index in [-0.39, 0.29) is 40.0 Å². The van der Waals surface area contributed by atoms with Crippen LogP contribution in [0.25, 0.3) is 22.4 Å². The first-order chi connectivity index (χ1) is 25.2. The SMILES string of the molecule is CC1(C)NC(=O)c2ccc(Br)cc21.CN1C(=O)c2ccc(-c3ccc(-c4n[nH]nc4C(=O)O)cc3)cc2C1(C)C.CN1C(=O)c2ccc(Br)cc2C1(C)C. The van der Waals surface area contributed by atoms with Gasteiger partial charge in [0.05, 0.1) is 16.6 Å². The fourth-order valence-corrected chi connectivity index (χ4v) is 7.63. The molecule has 3 amide bonds. The number of benzene rings is 4. The summed E-state index contributed by atoms with van der Waals surface area (Å²) in [6.45, 7) is 12.2. The minimum absolute atomic E-state index is 0.0208. The molecule has 5 aromatic rings. The lowest BCUT2D eigenvalue weighted by Gasteiger charge is -2.28. The normalized spacial score (nSPS) is 16.7. The predicted molar refractivity (Wildman–Crippen MR) is 213 cm³/mol. The van der Waals surface area contributed by atoms with E-state index in [2.05, 4.69) is 66.4 Å². The van der Waals surface area contributed by atoms with Crippen LogP contribution in [0.3, 0.4) is 0 Å². The van der Waals surface area contributed by atoms with Crippen LogP contribution in [0.15, 0.2) is 87.8 Å². The number of aromatic nitrogens is 3. The summed E-state index contributed by atoms with van der Waals surface area (Å²) in [5, 5.41) is 22.1. The Morgan fingerprint density at radius 1 is 0.630 bits per heavy atom. The van der Waals surface area contributed by atoms with Crippen LogP contribution in [0, 0.1) is 0 Å². The van der Waals surface area contributed by atoms with Gasteiger partial charge in [0.2, 0.25) is 0 Å². The van der Waals surface area contributed by atoms with Gasteiger partial charge in [-0.15, -0.1) is 5.10 Å². The number of aromatic amines is 1. The number of aromatic carboxylic acids is 1. The van der Waals surface area contributed by atoms with Gasteiger partial charge in [-0.2, -0.15) is 10.3 Å². The van der Waals surface area contributed by atoms with Crippen molar-refractivity contribution in [1.29, 1.82) is 0 Å². The number of fused-ring (bicyclic) bond motifs is 3. The maximum atomic E-state index is 12.4. The van der Waals surface area contributed by atoms with Crippen LogP contribution >= 0.6 is 31.9 Å². The number of halogens is 2. The molecular weight excluding hydrogens is 816 g/mol. The van der Waals surface area contributed by atoms with E-state index in [0.717, 1.165) is 53.5 Å². The average molecular weight is 857 g/mol. The summed E-state index contributed by atoms with van der Waals surface area (Å²) < 4.78 is 2.03. The number of hydrogen-bond acceptors (Lipinski definition) is 6. The summed E-state index contributed by atoms with van der Waals surface area (Å²) >= 11 is 6.82. The molecule has 3 aliphatic rings. The van der Waals surface area contributed by atoms with Crippen LogP contribution < -0.4 is 5.32 Å². The lowest BCUT2D eigenvalue weighted by molar-refractivity contribution is 0.0681. The molecule has 0 bridgehead atoms. The van der Waals surface area contributed by atoms with Crippen molar-refractivity contribution in [2.75, 3.05) is 14.1 Å². The highest BCUT2D eigenvalue weighted by atomic mass is 79.9. The van der Waals surface area contributed by atoms with E-state index < -0.39 is 5.97 Å². The highest BCUT2D eigenvalue weighted by molar-refractivity contribution is 9.10. The molecule has 4 aromatic carbocycles. The van der Waals surface area contributed by atoms with Crippen molar-refractivity contribution in [3.8, 4) is 22.4 Å². The molecule has 13 heteroatoms. The molecule has 0 fully saturated rings. The standard InChI is InChI=1S/C20H18N4O3.C11H12BrNO.C10H10BrNO/c1-20(2)15-10-13(8-9-14(15)18(25)24(20)3)11-4-6-12(7-5-11)16-17(19(26)27)22-23-21-16;1-11(2)9-6-7(12)4-5-8(9)10(14)13(11)3;1-10(2)8-5-6(11)3-4-7(8)9(13)12-10/h4-10H,1-3H3,(H,26,27)(H,21,22,23);4-6H,1-3H3;3-5H,1-2H3,(H,12,13). The number of hydrogen-bond donors (Lipinski definition) is 3. The van der Waals surface area contributed by atoms with Gasteiger partial charge in [0.15, 0.2) is 5.69 Å². The molecule has 3 aliphatic heterocycles. The van der Waals surface area contributed by atoms with Gasteiger partial charge in [0, 0.05) is 45.3 Å². The minimum atomic E-state index is -1.13. The van der Waals surface area contributed by atoms with Crippen molar-refractivity contribution in [1.82, 2.24) is 30.5 Å². The van der Waals surface area contributed by atoms with Crippen molar-refractivity contribution >= 4 is 55.6 Å². The molecule has 0 atom stereocenters. The predicted octanol–water partition coefficient (Wildman–Crippen LogP) is 8.36. The number of nitrogens with zero attached hydrogens (tertiary/aromatic N) is 4. The number of carboxylic acids is 1. The van der Waals surface area contributed by atoms with E-state index in [4.69, 9.17) is 0 Å². The summed E-state index contributed by atoms with van der Waals surface area (Å²) in [5.41, 5.74) is 7.53. The Morgan fingerprint density at radius 3 is 1.65 bits per heavy atom. The first-order valence-electron chi connectivity index (χ1n) is 17.1. The van der Waals surface area contributed by atoms with E-state index in [1.165, 1.54) is 0 Å². The molecule has 0 saturated heterocycles. The van der Waals surface area contributed by atoms with Gasteiger partial charge in [0.25, 0.3) is 17.7 Å². The van der Waals surface area contributed by atoms with Crippen LogP contribution in [-0.4, -0.2) is 68.1 Å². The number of carbonyl (C=O) groups is 4. The smallest absolute Gasteiger partial charge is 0.358 e. The Labute approximate surface area is 330 Å². The third-order valence-electron chi connectivity index (χ3n) is 10.6. The zero-order valence-electron chi connectivity index (χ0n) is 31.1. The van der Waals surface area contributed by atoms with Crippen LogP contribution in [-0.2, 0) is 16.6 Å². The maximum Gasteiger partial charge on any atom is 0.358 e. The van der Waals surface area contributed by atoms with Crippen molar-refractivity contribution in [2.24, 2.45) is 0 Å². The van der Waals surface area contributed by atoms with Crippen molar-refractivity contribution in [2.45, 2.75) is 58.2 Å². The first kappa shape index (κ1) is 38.6. The second kappa shape index (κ2) is 13.9. The van der Waals surface area contributed by atoms with Gasteiger partial charge < -0.3 is 20.2 Å². The van der Waals surface area contributed by atoms with Crippen LogP contribution in [0.5, 0.6) is 0 Å². The Bertz CT molecular complexity index is 2350. The first-order valence-corrected chi connectivity index (χ1v) is 18.7. The van der Waals surface area contributed by atoms with Crippen LogP contribution in [0.2, 0.25) is 0 Å². The topological polar surface area (TPSA) is 149 Å². The summed E-state index contributed by atoms with van der Waals surface area (Å²) in [5.74, 6) is -0.966. The highest BCUT2D eigenvalue weighted by Crippen LogP contribution is 2.40. The maximum absolute atomic E-state index is 12.4. The number of amides is 3. The molecule has 8 rings (SSSR count). The molecule has 0 spiro atoms. The molecule has 0 radical (unpaired) electrons. The number of rotatable bonds is 3. The second-order valence-electron chi connectivity index (χ2n) is 15.0. The Kier molecular flexibility index (Phi) is 9.95. The molecule has 54 heavy (non-hydrogen) atoms. The fourth-order valence-electron chi connectivity index (χ4n) is 6.91. The molecule has 0 aliphatic carbocycles. The number of nitrogens with one attached hydrogen (secondary N) is 2. The number of H-pyrrole nitrogens is 1. The summed E-state index contributed by atoms with van der Waals surface area (Å²) in [4.78, 5) is 50.4. The van der Waals surface area contributed by atoms with Crippen LogP contribution in [0.1, 0.15) is 99.8 Å². The summed E-state index contributed by atoms with van der Waals surface area (Å²) in [6, 6.07) is 24.8. The van der Waals surface area contributed by atoms with Crippen molar-refractivity contribution < 1.29 is 24.3 Å². The largest absolute Gasteiger partial charge is 0.476 e. The van der Waals surface area contributed by atoms with Gasteiger partial charge in [-0.05, 0) is 118 Å². The molecule has 11 nitrogen and oxygen atoms in total. The molecule has 3 N–H and O–H groups in total. The Balaban J connectivity index is 0.000000154. The van der Waals surface area contributed by atoms with Gasteiger partial charge in [0.1, 0.15) is 5.69 Å². The highest BCUT2D eigenvalue weighted by Gasteiger charge is 2.41. The van der Waals surface area contributed by atoms with Crippen molar-refractivity contribution in [3.05, 3.63) is 127 Å². The van der Waals surface area contributed by atoms with E-state index in [1.54, 1.807) is 9.80 Å². The second-order valence-corrected chi connectivity index (χ2v) is 16.8. The lowest BCUT2D eigenvalue weighted by Crippen LogP contribution is -2.35. The van der Waals surface area contributed by atoms with Crippen LogP contribution in [0.4, 0.5) is 0 Å². The molecule has 278 valence electrons. The van der Waals surface area contributed by atoms with E-state index >= 15 is 0 Å². The number of carboxylic acid groups (broad SMARTS) is 1. The average Bonchev–Trinajstić information content (AvgIpc) is 3.80. The van der Waals surface area contributed by atoms with E-state index in [0.29, 0.717) is 11.3 Å².